The summed E-state index contributed by atoms with van der Waals surface area (Å²) in [6.07, 6.45) is 1.28. The van der Waals surface area contributed by atoms with Gasteiger partial charge in [-0.15, -0.1) is 0 Å². The molecular formula is C22H22ClN3O3. The van der Waals surface area contributed by atoms with Gasteiger partial charge in [-0.2, -0.15) is 0 Å². The summed E-state index contributed by atoms with van der Waals surface area (Å²) in [4.78, 5) is 27.4. The molecule has 4 rings (SSSR count). The third-order valence-corrected chi connectivity index (χ3v) is 5.56. The number of methoxy groups -OCH3 is 1. The van der Waals surface area contributed by atoms with Crippen molar-refractivity contribution < 1.29 is 14.3 Å². The van der Waals surface area contributed by atoms with E-state index in [0.717, 1.165) is 22.9 Å². The summed E-state index contributed by atoms with van der Waals surface area (Å²) in [6.45, 7) is 0.973. The Balaban J connectivity index is 1.75. The second-order valence-electron chi connectivity index (χ2n) is 7.10. The highest BCUT2D eigenvalue weighted by Crippen LogP contribution is 2.37. The molecule has 0 bridgehead atoms. The van der Waals surface area contributed by atoms with Crippen LogP contribution >= 0.6 is 11.6 Å². The molecule has 0 saturated carbocycles. The molecule has 1 aliphatic heterocycles. The van der Waals surface area contributed by atoms with Gasteiger partial charge < -0.3 is 19.5 Å². The molecule has 1 fully saturated rings. The molecule has 7 heteroatoms. The molecular weight excluding hydrogens is 390 g/mol. The zero-order valence-electron chi connectivity index (χ0n) is 16.4. The molecule has 150 valence electrons. The molecule has 2 aromatic carbocycles. The fraction of sp³-hybridized carbons (Fsp3) is 0.273. The van der Waals surface area contributed by atoms with Crippen molar-refractivity contribution in [3.8, 4) is 5.75 Å². The summed E-state index contributed by atoms with van der Waals surface area (Å²) in [6, 6.07) is 13.0. The van der Waals surface area contributed by atoms with Crippen molar-refractivity contribution in [1.82, 2.24) is 9.88 Å². The van der Waals surface area contributed by atoms with Gasteiger partial charge >= 0.3 is 0 Å². The number of nitrogens with zero attached hydrogens (tertiary/aromatic N) is 2. The van der Waals surface area contributed by atoms with Crippen molar-refractivity contribution in [3.63, 3.8) is 0 Å². The molecule has 0 radical (unpaired) electrons. The van der Waals surface area contributed by atoms with Crippen LogP contribution < -0.4 is 15.0 Å². The van der Waals surface area contributed by atoms with Crippen LogP contribution in [0.15, 0.2) is 42.5 Å². The zero-order chi connectivity index (χ0) is 20.5. The predicted molar refractivity (Wildman–Crippen MR) is 114 cm³/mol. The SMILES string of the molecule is COc1ccc2c(c1)c(N1CCCC1=O)c(C(=O)NCc1ccc(Cl)cc1)n2C. The number of hydrogen-bond acceptors (Lipinski definition) is 3. The number of amides is 2. The van der Waals surface area contributed by atoms with E-state index in [1.165, 1.54) is 0 Å². The van der Waals surface area contributed by atoms with Crippen molar-refractivity contribution in [2.24, 2.45) is 7.05 Å². The topological polar surface area (TPSA) is 63.6 Å². The Bertz CT molecular complexity index is 1090. The summed E-state index contributed by atoms with van der Waals surface area (Å²) in [5, 5.41) is 4.45. The number of anilines is 1. The van der Waals surface area contributed by atoms with E-state index in [-0.39, 0.29) is 11.8 Å². The Hall–Kier alpha value is -2.99. The number of hydrogen-bond donors (Lipinski definition) is 1. The van der Waals surface area contributed by atoms with Crippen molar-refractivity contribution in [1.29, 1.82) is 0 Å². The van der Waals surface area contributed by atoms with Gasteiger partial charge in [0.1, 0.15) is 11.4 Å². The van der Waals surface area contributed by atoms with Crippen LogP contribution in [0.1, 0.15) is 28.9 Å². The van der Waals surface area contributed by atoms with Crippen molar-refractivity contribution >= 4 is 40.0 Å². The largest absolute Gasteiger partial charge is 0.497 e. The molecule has 0 unspecified atom stereocenters. The maximum atomic E-state index is 13.2. The van der Waals surface area contributed by atoms with Gasteiger partial charge in [0.15, 0.2) is 0 Å². The average Bonchev–Trinajstić information content (AvgIpc) is 3.27. The molecule has 6 nitrogen and oxygen atoms in total. The van der Waals surface area contributed by atoms with Gasteiger partial charge in [-0.05, 0) is 42.3 Å². The average molecular weight is 412 g/mol. The van der Waals surface area contributed by atoms with E-state index < -0.39 is 0 Å². The van der Waals surface area contributed by atoms with E-state index in [1.807, 2.05) is 41.9 Å². The van der Waals surface area contributed by atoms with E-state index >= 15 is 0 Å². The van der Waals surface area contributed by atoms with Gasteiger partial charge in [0, 0.05) is 37.0 Å². The van der Waals surface area contributed by atoms with E-state index in [4.69, 9.17) is 16.3 Å². The maximum absolute atomic E-state index is 13.2. The van der Waals surface area contributed by atoms with Crippen LogP contribution in [0.25, 0.3) is 10.9 Å². The summed E-state index contributed by atoms with van der Waals surface area (Å²) < 4.78 is 7.21. The first-order valence-electron chi connectivity index (χ1n) is 9.49. The van der Waals surface area contributed by atoms with Crippen molar-refractivity contribution in [2.75, 3.05) is 18.6 Å². The fourth-order valence-electron chi connectivity index (χ4n) is 3.82. The number of halogens is 1. The Morgan fingerprint density at radius 2 is 1.97 bits per heavy atom. The van der Waals surface area contributed by atoms with Crippen LogP contribution in [0.4, 0.5) is 5.69 Å². The minimum absolute atomic E-state index is 0.0343. The molecule has 2 heterocycles. The van der Waals surface area contributed by atoms with Crippen LogP contribution in [-0.4, -0.2) is 30.0 Å². The Morgan fingerprint density at radius 1 is 1.21 bits per heavy atom. The molecule has 1 saturated heterocycles. The summed E-state index contributed by atoms with van der Waals surface area (Å²) in [5.41, 5.74) is 2.94. The lowest BCUT2D eigenvalue weighted by Crippen LogP contribution is -2.30. The smallest absolute Gasteiger partial charge is 0.270 e. The normalized spacial score (nSPS) is 13.9. The molecule has 0 atom stereocenters. The summed E-state index contributed by atoms with van der Waals surface area (Å²) in [5.74, 6) is 0.489. The molecule has 1 aromatic heterocycles. The lowest BCUT2D eigenvalue weighted by atomic mass is 10.2. The Morgan fingerprint density at radius 3 is 2.62 bits per heavy atom. The molecule has 1 N–H and O–H groups in total. The number of nitrogens with one attached hydrogen (secondary N) is 1. The summed E-state index contributed by atoms with van der Waals surface area (Å²) >= 11 is 5.93. The lowest BCUT2D eigenvalue weighted by molar-refractivity contribution is -0.117. The predicted octanol–water partition coefficient (Wildman–Crippen LogP) is 3.90. The zero-order valence-corrected chi connectivity index (χ0v) is 17.1. The van der Waals surface area contributed by atoms with Crippen LogP contribution in [0.3, 0.4) is 0 Å². The van der Waals surface area contributed by atoms with Crippen LogP contribution in [0.5, 0.6) is 5.75 Å². The minimum atomic E-state index is -0.229. The second-order valence-corrected chi connectivity index (χ2v) is 7.53. The first kappa shape index (κ1) is 19.3. The minimum Gasteiger partial charge on any atom is -0.497 e. The van der Waals surface area contributed by atoms with E-state index in [1.54, 1.807) is 24.1 Å². The third-order valence-electron chi connectivity index (χ3n) is 5.30. The quantitative estimate of drug-likeness (QED) is 0.692. The molecule has 2 amide bonds. The van der Waals surface area contributed by atoms with Gasteiger partial charge in [0.2, 0.25) is 5.91 Å². The number of fused-ring (bicyclic) bond motifs is 1. The van der Waals surface area contributed by atoms with Crippen LogP contribution in [-0.2, 0) is 18.4 Å². The Labute approximate surface area is 174 Å². The van der Waals surface area contributed by atoms with E-state index in [9.17, 15) is 9.59 Å². The molecule has 3 aromatic rings. The first-order chi connectivity index (χ1) is 14.0. The highest BCUT2D eigenvalue weighted by atomic mass is 35.5. The number of ether oxygens (including phenoxy) is 1. The van der Waals surface area contributed by atoms with Gasteiger partial charge in [0.05, 0.1) is 18.3 Å². The van der Waals surface area contributed by atoms with Gasteiger partial charge in [-0.1, -0.05) is 23.7 Å². The summed E-state index contributed by atoms with van der Waals surface area (Å²) in [7, 11) is 3.45. The number of rotatable bonds is 5. The van der Waals surface area contributed by atoms with E-state index in [0.29, 0.717) is 41.7 Å². The third kappa shape index (κ3) is 3.56. The molecule has 0 spiro atoms. The molecule has 1 aliphatic rings. The number of benzene rings is 2. The Kier molecular flexibility index (Phi) is 5.20. The van der Waals surface area contributed by atoms with Crippen LogP contribution in [0.2, 0.25) is 5.02 Å². The number of carbonyl (C=O) groups is 2. The number of aromatic nitrogens is 1. The second kappa shape index (κ2) is 7.79. The van der Waals surface area contributed by atoms with Crippen molar-refractivity contribution in [3.05, 3.63) is 58.7 Å². The first-order valence-corrected chi connectivity index (χ1v) is 9.87. The van der Waals surface area contributed by atoms with Crippen molar-refractivity contribution in [2.45, 2.75) is 19.4 Å². The van der Waals surface area contributed by atoms with Gasteiger partial charge in [0.25, 0.3) is 5.91 Å². The highest BCUT2D eigenvalue weighted by Gasteiger charge is 2.31. The standard InChI is InChI=1S/C22H22ClN3O3/c1-25-18-10-9-16(29-2)12-17(18)20(26-11-3-4-19(26)27)21(25)22(28)24-13-14-5-7-15(23)8-6-14/h5-10,12H,3-4,11,13H2,1-2H3,(H,24,28). The lowest BCUT2D eigenvalue weighted by Gasteiger charge is -2.18. The number of aryl methyl sites for hydroxylation is 1. The van der Waals surface area contributed by atoms with Gasteiger partial charge in [-0.25, -0.2) is 0 Å². The fourth-order valence-corrected chi connectivity index (χ4v) is 3.94. The number of carbonyl (C=O) groups excluding carboxylic acids is 2. The highest BCUT2D eigenvalue weighted by molar-refractivity contribution is 6.30. The maximum Gasteiger partial charge on any atom is 0.270 e. The van der Waals surface area contributed by atoms with E-state index in [2.05, 4.69) is 5.32 Å². The van der Waals surface area contributed by atoms with Crippen LogP contribution in [0, 0.1) is 0 Å². The monoisotopic (exact) mass is 411 g/mol. The van der Waals surface area contributed by atoms with Gasteiger partial charge in [-0.3, -0.25) is 9.59 Å². The molecule has 29 heavy (non-hydrogen) atoms. The molecule has 0 aliphatic carbocycles.